The molecule has 0 saturated heterocycles. The van der Waals surface area contributed by atoms with Gasteiger partial charge < -0.3 is 5.32 Å². The molecule has 0 aliphatic heterocycles. The minimum Gasteiger partial charge on any atom is -0.346 e. The van der Waals surface area contributed by atoms with E-state index in [4.69, 9.17) is 4.55 Å². The topological polar surface area (TPSA) is 121 Å². The van der Waals surface area contributed by atoms with E-state index in [-0.39, 0.29) is 24.1 Å². The van der Waals surface area contributed by atoms with Crippen LogP contribution in [0.5, 0.6) is 0 Å². The van der Waals surface area contributed by atoms with Crippen molar-refractivity contribution in [3.8, 4) is 0 Å². The van der Waals surface area contributed by atoms with Crippen LogP contribution in [0.1, 0.15) is 37.9 Å². The number of rotatable bonds is 8. The SMILES string of the molecule is Cc1csc(C(Cc2ccc(NS(=O)(=O)O)cc2)NC(=O)Cc2nc(C)sc2C)n1. The second kappa shape index (κ2) is 9.21. The minimum absolute atomic E-state index is 0.133. The van der Waals surface area contributed by atoms with Gasteiger partial charge >= 0.3 is 10.3 Å². The lowest BCUT2D eigenvalue weighted by Crippen LogP contribution is -2.31. The van der Waals surface area contributed by atoms with E-state index in [1.807, 2.05) is 30.9 Å². The molecule has 0 radical (unpaired) electrons. The van der Waals surface area contributed by atoms with Crippen LogP contribution >= 0.6 is 22.7 Å². The predicted octanol–water partition coefficient (Wildman–Crippen LogP) is 3.38. The van der Waals surface area contributed by atoms with Gasteiger partial charge in [-0.3, -0.25) is 14.1 Å². The molecular formula is C19H22N4O4S3. The number of thiazole rings is 2. The molecule has 160 valence electrons. The molecule has 1 amide bonds. The summed E-state index contributed by atoms with van der Waals surface area (Å²) in [6, 6.07) is 6.26. The minimum atomic E-state index is -4.32. The molecule has 1 atom stereocenters. The number of hydrogen-bond acceptors (Lipinski definition) is 7. The van der Waals surface area contributed by atoms with E-state index in [0.717, 1.165) is 31.8 Å². The Morgan fingerprint density at radius 2 is 1.87 bits per heavy atom. The third-order valence-electron chi connectivity index (χ3n) is 4.24. The van der Waals surface area contributed by atoms with Crippen molar-refractivity contribution < 1.29 is 17.8 Å². The lowest BCUT2D eigenvalue weighted by atomic mass is 10.1. The summed E-state index contributed by atoms with van der Waals surface area (Å²) in [5, 5.41) is 6.72. The van der Waals surface area contributed by atoms with Crippen molar-refractivity contribution in [2.24, 2.45) is 0 Å². The van der Waals surface area contributed by atoms with Gasteiger partial charge in [0.25, 0.3) is 0 Å². The number of aryl methyl sites for hydroxylation is 3. The number of carbonyl (C=O) groups is 1. The number of nitrogens with one attached hydrogen (secondary N) is 2. The highest BCUT2D eigenvalue weighted by Gasteiger charge is 2.20. The van der Waals surface area contributed by atoms with Crippen LogP contribution in [0.3, 0.4) is 0 Å². The smallest absolute Gasteiger partial charge is 0.346 e. The molecule has 2 heterocycles. The Morgan fingerprint density at radius 1 is 1.17 bits per heavy atom. The molecule has 3 aromatic rings. The molecule has 0 saturated carbocycles. The first-order valence-electron chi connectivity index (χ1n) is 9.07. The van der Waals surface area contributed by atoms with E-state index in [1.165, 1.54) is 11.3 Å². The van der Waals surface area contributed by atoms with Crippen LogP contribution in [0.25, 0.3) is 0 Å². The number of amides is 1. The van der Waals surface area contributed by atoms with Crippen LogP contribution in [0.2, 0.25) is 0 Å². The maximum Gasteiger partial charge on any atom is 0.357 e. The van der Waals surface area contributed by atoms with E-state index in [0.29, 0.717) is 6.42 Å². The molecule has 3 rings (SSSR count). The summed E-state index contributed by atoms with van der Waals surface area (Å²) in [6.07, 6.45) is 0.689. The van der Waals surface area contributed by atoms with Gasteiger partial charge in [-0.15, -0.1) is 22.7 Å². The third kappa shape index (κ3) is 6.33. The summed E-state index contributed by atoms with van der Waals surface area (Å²) < 4.78 is 32.8. The highest BCUT2D eigenvalue weighted by Crippen LogP contribution is 2.24. The first-order valence-corrected chi connectivity index (χ1v) is 12.2. The van der Waals surface area contributed by atoms with Crippen molar-refractivity contribution in [2.45, 2.75) is 39.7 Å². The van der Waals surface area contributed by atoms with Crippen LogP contribution in [-0.4, -0.2) is 28.8 Å². The summed E-state index contributed by atoms with van der Waals surface area (Å²) >= 11 is 3.05. The summed E-state index contributed by atoms with van der Waals surface area (Å²) in [5.41, 5.74) is 2.80. The average molecular weight is 467 g/mol. The van der Waals surface area contributed by atoms with E-state index in [2.05, 4.69) is 15.3 Å². The van der Waals surface area contributed by atoms with Crippen LogP contribution in [-0.2, 0) is 27.9 Å². The first-order chi connectivity index (χ1) is 14.1. The molecule has 8 nitrogen and oxygen atoms in total. The Hall–Kier alpha value is -2.34. The Kier molecular flexibility index (Phi) is 6.86. The van der Waals surface area contributed by atoms with Gasteiger partial charge in [0.1, 0.15) is 5.01 Å². The molecule has 30 heavy (non-hydrogen) atoms. The summed E-state index contributed by atoms with van der Waals surface area (Å²) in [5.74, 6) is -0.133. The van der Waals surface area contributed by atoms with Gasteiger partial charge in [0, 0.05) is 16.0 Å². The van der Waals surface area contributed by atoms with Crippen molar-refractivity contribution in [1.82, 2.24) is 15.3 Å². The maximum absolute atomic E-state index is 12.7. The van der Waals surface area contributed by atoms with Gasteiger partial charge in [-0.1, -0.05) is 12.1 Å². The summed E-state index contributed by atoms with van der Waals surface area (Å²) in [4.78, 5) is 22.7. The Balaban J connectivity index is 1.74. The number of aromatic nitrogens is 2. The number of hydrogen-bond donors (Lipinski definition) is 3. The molecule has 0 bridgehead atoms. The van der Waals surface area contributed by atoms with E-state index >= 15 is 0 Å². The van der Waals surface area contributed by atoms with Gasteiger partial charge in [-0.25, -0.2) is 9.97 Å². The zero-order valence-electron chi connectivity index (χ0n) is 16.7. The molecule has 2 aromatic heterocycles. The zero-order valence-corrected chi connectivity index (χ0v) is 19.1. The molecule has 0 spiro atoms. The fourth-order valence-corrected chi connectivity index (χ4v) is 5.08. The van der Waals surface area contributed by atoms with Crippen molar-refractivity contribution >= 4 is 44.6 Å². The molecule has 1 aromatic carbocycles. The highest BCUT2D eigenvalue weighted by atomic mass is 32.2. The van der Waals surface area contributed by atoms with Gasteiger partial charge in [0.05, 0.1) is 28.9 Å². The van der Waals surface area contributed by atoms with Crippen LogP contribution in [0, 0.1) is 20.8 Å². The van der Waals surface area contributed by atoms with Gasteiger partial charge in [-0.2, -0.15) is 8.42 Å². The standard InChI is InChI=1S/C19H22N4O4S3/c1-11-10-28-19(20-11)17(22-18(24)9-16-12(2)29-13(3)21-16)8-14-4-6-15(7-5-14)23-30(25,26)27/h4-7,10,17,23H,8-9H2,1-3H3,(H,22,24)(H,25,26,27). The molecule has 3 N–H and O–H groups in total. The zero-order chi connectivity index (χ0) is 21.9. The van der Waals surface area contributed by atoms with Crippen molar-refractivity contribution in [2.75, 3.05) is 4.72 Å². The second-order valence-electron chi connectivity index (χ2n) is 6.84. The van der Waals surface area contributed by atoms with Crippen molar-refractivity contribution in [3.05, 3.63) is 61.5 Å². The Morgan fingerprint density at radius 3 is 2.40 bits per heavy atom. The first kappa shape index (κ1) is 22.3. The molecule has 0 aliphatic rings. The quantitative estimate of drug-likeness (QED) is 0.438. The van der Waals surface area contributed by atoms with E-state index in [9.17, 15) is 13.2 Å². The Bertz CT molecular complexity index is 1140. The number of nitrogens with zero attached hydrogens (tertiary/aromatic N) is 2. The predicted molar refractivity (Wildman–Crippen MR) is 118 cm³/mol. The van der Waals surface area contributed by atoms with Crippen molar-refractivity contribution in [1.29, 1.82) is 0 Å². The fraction of sp³-hybridized carbons (Fsp3) is 0.316. The molecular weight excluding hydrogens is 444 g/mol. The molecule has 0 fully saturated rings. The lowest BCUT2D eigenvalue weighted by molar-refractivity contribution is -0.121. The van der Waals surface area contributed by atoms with Gasteiger partial charge in [0.2, 0.25) is 5.91 Å². The monoisotopic (exact) mass is 466 g/mol. The van der Waals surface area contributed by atoms with Crippen LogP contribution in [0.4, 0.5) is 5.69 Å². The fourth-order valence-electron chi connectivity index (χ4n) is 2.96. The van der Waals surface area contributed by atoms with E-state index in [1.54, 1.807) is 35.6 Å². The summed E-state index contributed by atoms with van der Waals surface area (Å²) in [7, 11) is -4.32. The molecule has 1 unspecified atom stereocenters. The lowest BCUT2D eigenvalue weighted by Gasteiger charge is -2.17. The molecule has 11 heteroatoms. The largest absolute Gasteiger partial charge is 0.357 e. The Labute approximate surface area is 183 Å². The van der Waals surface area contributed by atoms with Gasteiger partial charge in [-0.05, 0) is 44.9 Å². The van der Waals surface area contributed by atoms with Gasteiger partial charge in [0.15, 0.2) is 0 Å². The normalized spacial score (nSPS) is 12.5. The molecule has 0 aliphatic carbocycles. The average Bonchev–Trinajstić information content (AvgIpc) is 3.20. The number of anilines is 1. The van der Waals surface area contributed by atoms with E-state index < -0.39 is 10.3 Å². The highest BCUT2D eigenvalue weighted by molar-refractivity contribution is 7.87. The van der Waals surface area contributed by atoms with Crippen LogP contribution < -0.4 is 10.0 Å². The second-order valence-corrected chi connectivity index (χ2v) is 10.3. The summed E-state index contributed by atoms with van der Waals surface area (Å²) in [6.45, 7) is 5.77. The van der Waals surface area contributed by atoms with Crippen molar-refractivity contribution in [3.63, 3.8) is 0 Å². The maximum atomic E-state index is 12.7. The van der Waals surface area contributed by atoms with Crippen LogP contribution in [0.15, 0.2) is 29.6 Å². The number of carbonyl (C=O) groups excluding carboxylic acids is 1. The third-order valence-corrected chi connectivity index (χ3v) is 6.74. The number of benzene rings is 1.